The summed E-state index contributed by atoms with van der Waals surface area (Å²) in [6, 6.07) is 0. The van der Waals surface area contributed by atoms with Crippen molar-refractivity contribution in [1.29, 1.82) is 0 Å². The van der Waals surface area contributed by atoms with Crippen LogP contribution in [0.2, 0.25) is 0 Å². The number of aromatic nitrogens is 4. The van der Waals surface area contributed by atoms with Crippen LogP contribution in [0.15, 0.2) is 17.0 Å². The summed E-state index contributed by atoms with van der Waals surface area (Å²) in [6.07, 6.45) is 7.32. The lowest BCUT2D eigenvalue weighted by Gasteiger charge is -2.14. The Morgan fingerprint density at radius 2 is 2.20 bits per heavy atom. The van der Waals surface area contributed by atoms with Gasteiger partial charge in [0, 0.05) is 32.3 Å². The van der Waals surface area contributed by atoms with Gasteiger partial charge in [0.1, 0.15) is 0 Å². The van der Waals surface area contributed by atoms with E-state index in [1.54, 1.807) is 0 Å². The van der Waals surface area contributed by atoms with Crippen LogP contribution < -0.4 is 0 Å². The quantitative estimate of drug-likeness (QED) is 0.848. The van der Waals surface area contributed by atoms with Gasteiger partial charge in [0.15, 0.2) is 5.82 Å². The van der Waals surface area contributed by atoms with Crippen LogP contribution >= 0.6 is 0 Å². The second-order valence-electron chi connectivity index (χ2n) is 5.98. The second-order valence-corrected chi connectivity index (χ2v) is 5.98. The summed E-state index contributed by atoms with van der Waals surface area (Å²) in [6.45, 7) is 3.02. The van der Waals surface area contributed by atoms with Crippen LogP contribution in [0.5, 0.6) is 0 Å². The van der Waals surface area contributed by atoms with Crippen molar-refractivity contribution in [2.24, 2.45) is 7.05 Å². The van der Waals surface area contributed by atoms with Crippen LogP contribution in [0.4, 0.5) is 0 Å². The molecule has 1 aliphatic carbocycles. The third-order valence-electron chi connectivity index (χ3n) is 4.32. The Morgan fingerprint density at radius 3 is 2.95 bits per heavy atom. The molecule has 106 valence electrons. The molecule has 20 heavy (non-hydrogen) atoms. The van der Waals surface area contributed by atoms with E-state index in [1.165, 1.54) is 18.5 Å². The Balaban J connectivity index is 1.40. The van der Waals surface area contributed by atoms with Gasteiger partial charge >= 0.3 is 0 Å². The maximum absolute atomic E-state index is 5.45. The van der Waals surface area contributed by atoms with E-state index in [0.717, 1.165) is 37.8 Å². The molecule has 1 saturated carbocycles. The lowest BCUT2D eigenvalue weighted by atomic mass is 10.1. The topological polar surface area (TPSA) is 60.0 Å². The highest BCUT2D eigenvalue weighted by atomic mass is 16.5. The summed E-state index contributed by atoms with van der Waals surface area (Å²) >= 11 is 0. The smallest absolute Gasteiger partial charge is 0.231 e. The molecule has 0 unspecified atom stereocenters. The van der Waals surface area contributed by atoms with Crippen molar-refractivity contribution in [3.05, 3.63) is 29.9 Å². The largest absolute Gasteiger partial charge is 0.339 e. The fourth-order valence-electron chi connectivity index (χ4n) is 2.86. The van der Waals surface area contributed by atoms with Crippen molar-refractivity contribution in [2.75, 3.05) is 13.1 Å². The molecule has 0 aromatic carbocycles. The van der Waals surface area contributed by atoms with E-state index < -0.39 is 0 Å². The molecule has 0 bridgehead atoms. The van der Waals surface area contributed by atoms with Crippen molar-refractivity contribution in [2.45, 2.75) is 37.6 Å². The fraction of sp³-hybridized carbons (Fsp3) is 0.643. The van der Waals surface area contributed by atoms with Gasteiger partial charge in [-0.2, -0.15) is 4.98 Å². The Morgan fingerprint density at radius 1 is 1.30 bits per heavy atom. The zero-order valence-electron chi connectivity index (χ0n) is 11.7. The Bertz CT molecular complexity index is 600. The van der Waals surface area contributed by atoms with Gasteiger partial charge in [0.2, 0.25) is 5.89 Å². The van der Waals surface area contributed by atoms with Crippen molar-refractivity contribution < 1.29 is 4.52 Å². The first-order chi connectivity index (χ1) is 9.79. The van der Waals surface area contributed by atoms with Crippen molar-refractivity contribution >= 4 is 0 Å². The molecule has 6 nitrogen and oxygen atoms in total. The summed E-state index contributed by atoms with van der Waals surface area (Å²) in [4.78, 5) is 11.2. The van der Waals surface area contributed by atoms with Gasteiger partial charge in [-0.25, -0.2) is 4.98 Å². The molecule has 2 fully saturated rings. The second kappa shape index (κ2) is 4.70. The van der Waals surface area contributed by atoms with Crippen LogP contribution in [-0.2, 0) is 13.6 Å². The highest BCUT2D eigenvalue weighted by molar-refractivity contribution is 5.07. The number of likely N-dealkylation sites (tertiary alicyclic amines) is 1. The van der Waals surface area contributed by atoms with Gasteiger partial charge in [-0.1, -0.05) is 5.16 Å². The first-order valence-corrected chi connectivity index (χ1v) is 7.30. The zero-order chi connectivity index (χ0) is 13.5. The molecular formula is C14H19N5O. The number of imidazole rings is 1. The summed E-state index contributed by atoms with van der Waals surface area (Å²) in [7, 11) is 2.04. The minimum atomic E-state index is 0.392. The minimum absolute atomic E-state index is 0.392. The molecule has 6 heteroatoms. The first-order valence-electron chi connectivity index (χ1n) is 7.30. The van der Waals surface area contributed by atoms with E-state index >= 15 is 0 Å². The molecule has 3 heterocycles. The number of hydrogen-bond acceptors (Lipinski definition) is 5. The molecule has 1 saturated heterocycles. The van der Waals surface area contributed by atoms with E-state index in [-0.39, 0.29) is 0 Å². The van der Waals surface area contributed by atoms with E-state index in [4.69, 9.17) is 4.52 Å². The first kappa shape index (κ1) is 12.1. The predicted molar refractivity (Wildman–Crippen MR) is 72.1 cm³/mol. The van der Waals surface area contributed by atoms with Crippen molar-refractivity contribution in [1.82, 2.24) is 24.6 Å². The molecule has 0 N–H and O–H groups in total. The molecule has 0 radical (unpaired) electrons. The number of hydrogen-bond donors (Lipinski definition) is 0. The predicted octanol–water partition coefficient (Wildman–Crippen LogP) is 1.67. The SMILES string of the molecule is Cn1cncc1CN1CC[C@H](c2nc(C3CC3)no2)C1. The summed E-state index contributed by atoms with van der Waals surface area (Å²) in [5, 5.41) is 4.12. The van der Waals surface area contributed by atoms with Crippen molar-refractivity contribution in [3.63, 3.8) is 0 Å². The monoisotopic (exact) mass is 273 g/mol. The molecule has 0 spiro atoms. The minimum Gasteiger partial charge on any atom is -0.339 e. The average molecular weight is 273 g/mol. The Hall–Kier alpha value is -1.69. The number of aryl methyl sites for hydroxylation is 1. The molecule has 0 amide bonds. The fourth-order valence-corrected chi connectivity index (χ4v) is 2.86. The third kappa shape index (κ3) is 2.24. The van der Waals surface area contributed by atoms with Crippen molar-refractivity contribution in [3.8, 4) is 0 Å². The summed E-state index contributed by atoms with van der Waals surface area (Å²) < 4.78 is 7.53. The lowest BCUT2D eigenvalue weighted by Crippen LogP contribution is -2.21. The molecule has 2 aromatic heterocycles. The van der Waals surface area contributed by atoms with Gasteiger partial charge in [0.25, 0.3) is 0 Å². The van der Waals surface area contributed by atoms with Crippen LogP contribution in [0.3, 0.4) is 0 Å². The van der Waals surface area contributed by atoms with E-state index in [2.05, 4.69) is 24.6 Å². The van der Waals surface area contributed by atoms with Gasteiger partial charge in [-0.05, 0) is 25.8 Å². The van der Waals surface area contributed by atoms with Gasteiger partial charge in [0.05, 0.1) is 17.9 Å². The standard InChI is InChI=1S/C14H19N5O/c1-18-9-15-6-12(18)8-19-5-4-11(7-19)14-16-13(17-20-14)10-2-3-10/h6,9-11H,2-5,7-8H2,1H3/t11-/m0/s1. The van der Waals surface area contributed by atoms with Gasteiger partial charge in [-0.15, -0.1) is 0 Å². The highest BCUT2D eigenvalue weighted by Gasteiger charge is 2.32. The summed E-state index contributed by atoms with van der Waals surface area (Å²) in [5.41, 5.74) is 1.25. The van der Waals surface area contributed by atoms with E-state index in [1.807, 2.05) is 19.6 Å². The zero-order valence-corrected chi connectivity index (χ0v) is 11.7. The Labute approximate surface area is 117 Å². The third-order valence-corrected chi connectivity index (χ3v) is 4.32. The molecule has 2 aromatic rings. The van der Waals surface area contributed by atoms with Crippen LogP contribution in [-0.4, -0.2) is 37.7 Å². The van der Waals surface area contributed by atoms with E-state index in [0.29, 0.717) is 11.8 Å². The van der Waals surface area contributed by atoms with Gasteiger partial charge in [-0.3, -0.25) is 4.90 Å². The molecule has 1 aliphatic heterocycles. The summed E-state index contributed by atoms with van der Waals surface area (Å²) in [5.74, 6) is 2.71. The average Bonchev–Trinajstić information content (AvgIpc) is 2.88. The highest BCUT2D eigenvalue weighted by Crippen LogP contribution is 2.39. The maximum atomic E-state index is 5.45. The van der Waals surface area contributed by atoms with Crippen LogP contribution in [0.1, 0.15) is 48.5 Å². The normalized spacial score (nSPS) is 23.6. The molecule has 2 aliphatic rings. The van der Waals surface area contributed by atoms with Gasteiger partial charge < -0.3 is 9.09 Å². The maximum Gasteiger partial charge on any atom is 0.231 e. The number of rotatable bonds is 4. The molecule has 1 atom stereocenters. The molecule has 4 rings (SSSR count). The Kier molecular flexibility index (Phi) is 2.84. The number of nitrogens with zero attached hydrogens (tertiary/aromatic N) is 5. The van der Waals surface area contributed by atoms with Crippen LogP contribution in [0, 0.1) is 0 Å². The van der Waals surface area contributed by atoms with E-state index in [9.17, 15) is 0 Å². The van der Waals surface area contributed by atoms with Crippen LogP contribution in [0.25, 0.3) is 0 Å². The lowest BCUT2D eigenvalue weighted by molar-refractivity contribution is 0.303. The molecular weight excluding hydrogens is 254 g/mol.